The van der Waals surface area contributed by atoms with E-state index in [0.29, 0.717) is 22.1 Å². The molecule has 0 saturated carbocycles. The van der Waals surface area contributed by atoms with Crippen molar-refractivity contribution in [3.8, 4) is 0 Å². The molecule has 4 rings (SSSR count). The first-order chi connectivity index (χ1) is 13.1. The smallest absolute Gasteiger partial charge is 0.281 e. The highest BCUT2D eigenvalue weighted by Crippen LogP contribution is 2.21. The van der Waals surface area contributed by atoms with Crippen molar-refractivity contribution >= 4 is 28.0 Å². The number of hydrogen-bond donors (Lipinski definition) is 2. The standard InChI is InChI=1S/C19H15N5O3/c1-11(16-12-6-2-3-7-13(12)18(26)23-22-16)17(25)21-14-10-20-15-8-4-5-9-24(15)19(14)27/h2-11H,1H3,(H,21,25)(H,23,26). The zero-order chi connectivity index (χ0) is 19.0. The van der Waals surface area contributed by atoms with E-state index in [9.17, 15) is 14.4 Å². The van der Waals surface area contributed by atoms with Crippen LogP contribution in [0.1, 0.15) is 18.5 Å². The summed E-state index contributed by atoms with van der Waals surface area (Å²) in [5.74, 6) is -1.11. The average molecular weight is 361 g/mol. The van der Waals surface area contributed by atoms with Gasteiger partial charge in [0.25, 0.3) is 11.1 Å². The van der Waals surface area contributed by atoms with Crippen LogP contribution in [0.5, 0.6) is 0 Å². The third-order valence-corrected chi connectivity index (χ3v) is 4.40. The summed E-state index contributed by atoms with van der Waals surface area (Å²) in [5.41, 5.74) is 0.294. The fourth-order valence-corrected chi connectivity index (χ4v) is 2.94. The molecule has 0 aliphatic heterocycles. The lowest BCUT2D eigenvalue weighted by Crippen LogP contribution is -2.27. The molecule has 1 atom stereocenters. The number of H-pyrrole nitrogens is 1. The van der Waals surface area contributed by atoms with Crippen molar-refractivity contribution in [1.82, 2.24) is 19.6 Å². The molecule has 8 nitrogen and oxygen atoms in total. The van der Waals surface area contributed by atoms with Gasteiger partial charge in [-0.15, -0.1) is 0 Å². The SMILES string of the molecule is CC(C(=O)Nc1cnc2ccccn2c1=O)c1n[nH]c(=O)c2ccccc12. The third kappa shape index (κ3) is 2.86. The van der Waals surface area contributed by atoms with Crippen molar-refractivity contribution < 1.29 is 4.79 Å². The van der Waals surface area contributed by atoms with Gasteiger partial charge in [0.1, 0.15) is 11.3 Å². The Bertz CT molecular complexity index is 1290. The van der Waals surface area contributed by atoms with Crippen molar-refractivity contribution in [2.75, 3.05) is 5.32 Å². The number of amides is 1. The number of carbonyl (C=O) groups is 1. The van der Waals surface area contributed by atoms with Gasteiger partial charge in [-0.1, -0.05) is 24.3 Å². The monoisotopic (exact) mass is 361 g/mol. The number of rotatable bonds is 3. The topological polar surface area (TPSA) is 109 Å². The average Bonchev–Trinajstić information content (AvgIpc) is 2.70. The van der Waals surface area contributed by atoms with E-state index in [0.717, 1.165) is 0 Å². The Morgan fingerprint density at radius 1 is 1.11 bits per heavy atom. The maximum Gasteiger partial charge on any atom is 0.281 e. The summed E-state index contributed by atoms with van der Waals surface area (Å²) >= 11 is 0. The minimum atomic E-state index is -0.692. The number of hydrogen-bond acceptors (Lipinski definition) is 5. The van der Waals surface area contributed by atoms with Crippen LogP contribution in [0, 0.1) is 0 Å². The van der Waals surface area contributed by atoms with Crippen molar-refractivity contribution in [1.29, 1.82) is 0 Å². The number of aromatic amines is 1. The number of pyridine rings is 1. The number of carbonyl (C=O) groups excluding carboxylic acids is 1. The molecule has 0 spiro atoms. The molecule has 134 valence electrons. The zero-order valence-electron chi connectivity index (χ0n) is 14.3. The van der Waals surface area contributed by atoms with Gasteiger partial charge >= 0.3 is 0 Å². The predicted octanol–water partition coefficient (Wildman–Crippen LogP) is 1.67. The molecule has 8 heteroatoms. The highest BCUT2D eigenvalue weighted by atomic mass is 16.2. The van der Waals surface area contributed by atoms with E-state index in [1.807, 2.05) is 0 Å². The minimum Gasteiger partial charge on any atom is -0.320 e. The zero-order valence-corrected chi connectivity index (χ0v) is 14.3. The van der Waals surface area contributed by atoms with E-state index >= 15 is 0 Å². The summed E-state index contributed by atoms with van der Waals surface area (Å²) in [5, 5.41) is 10.1. The van der Waals surface area contributed by atoms with Gasteiger partial charge in [-0.2, -0.15) is 5.10 Å². The molecule has 0 fully saturated rings. The van der Waals surface area contributed by atoms with Crippen LogP contribution in [0.2, 0.25) is 0 Å². The Morgan fingerprint density at radius 3 is 2.67 bits per heavy atom. The lowest BCUT2D eigenvalue weighted by molar-refractivity contribution is -0.117. The molecular weight excluding hydrogens is 346 g/mol. The molecule has 27 heavy (non-hydrogen) atoms. The maximum absolute atomic E-state index is 12.7. The lowest BCUT2D eigenvalue weighted by atomic mass is 10.0. The van der Waals surface area contributed by atoms with Gasteiger partial charge in [0.2, 0.25) is 5.91 Å². The van der Waals surface area contributed by atoms with Crippen LogP contribution in [0.4, 0.5) is 5.69 Å². The summed E-state index contributed by atoms with van der Waals surface area (Å²) < 4.78 is 1.36. The van der Waals surface area contributed by atoms with Gasteiger partial charge in [-0.25, -0.2) is 10.1 Å². The van der Waals surface area contributed by atoms with Crippen LogP contribution in [0.3, 0.4) is 0 Å². The van der Waals surface area contributed by atoms with Crippen molar-refractivity contribution in [3.63, 3.8) is 0 Å². The van der Waals surface area contributed by atoms with Crippen LogP contribution in [-0.2, 0) is 4.79 Å². The second-order valence-electron chi connectivity index (χ2n) is 6.10. The number of fused-ring (bicyclic) bond motifs is 2. The molecule has 4 aromatic rings. The highest BCUT2D eigenvalue weighted by molar-refractivity contribution is 5.98. The molecule has 1 aromatic carbocycles. The number of anilines is 1. The molecule has 3 aromatic heterocycles. The Morgan fingerprint density at radius 2 is 1.85 bits per heavy atom. The van der Waals surface area contributed by atoms with Gasteiger partial charge in [-0.3, -0.25) is 18.8 Å². The second kappa shape index (κ2) is 6.49. The summed E-state index contributed by atoms with van der Waals surface area (Å²) in [6.07, 6.45) is 2.92. The Hall–Kier alpha value is -3.81. The van der Waals surface area contributed by atoms with Crippen molar-refractivity contribution in [2.45, 2.75) is 12.8 Å². The van der Waals surface area contributed by atoms with E-state index < -0.39 is 11.8 Å². The number of nitrogens with zero attached hydrogens (tertiary/aromatic N) is 3. The molecule has 0 aliphatic rings. The van der Waals surface area contributed by atoms with E-state index in [-0.39, 0.29) is 16.8 Å². The summed E-state index contributed by atoms with van der Waals surface area (Å²) in [7, 11) is 0. The van der Waals surface area contributed by atoms with Gasteiger partial charge in [0.05, 0.1) is 23.2 Å². The van der Waals surface area contributed by atoms with Gasteiger partial charge in [0, 0.05) is 11.6 Å². The van der Waals surface area contributed by atoms with Crippen LogP contribution in [-0.4, -0.2) is 25.5 Å². The second-order valence-corrected chi connectivity index (χ2v) is 6.10. The lowest BCUT2D eigenvalue weighted by Gasteiger charge is -2.13. The van der Waals surface area contributed by atoms with E-state index in [2.05, 4.69) is 20.5 Å². The van der Waals surface area contributed by atoms with E-state index in [4.69, 9.17) is 0 Å². The Labute approximate surface area is 152 Å². The van der Waals surface area contributed by atoms with Crippen LogP contribution >= 0.6 is 0 Å². The van der Waals surface area contributed by atoms with Gasteiger partial charge in [-0.05, 0) is 25.1 Å². The van der Waals surface area contributed by atoms with Crippen LogP contribution < -0.4 is 16.4 Å². The number of nitrogens with one attached hydrogen (secondary N) is 2. The molecule has 0 saturated heterocycles. The fraction of sp³-hybridized carbons (Fsp3) is 0.105. The summed E-state index contributed by atoms with van der Waals surface area (Å²) in [6, 6.07) is 12.1. The molecular formula is C19H15N5O3. The largest absolute Gasteiger partial charge is 0.320 e. The van der Waals surface area contributed by atoms with Crippen LogP contribution in [0.25, 0.3) is 16.4 Å². The first-order valence-electron chi connectivity index (χ1n) is 8.31. The number of aromatic nitrogens is 4. The Kier molecular flexibility index (Phi) is 4.00. The first-order valence-corrected chi connectivity index (χ1v) is 8.31. The molecule has 0 bridgehead atoms. The molecule has 3 heterocycles. The van der Waals surface area contributed by atoms with Crippen molar-refractivity contribution in [3.05, 3.63) is 81.3 Å². The minimum absolute atomic E-state index is 0.0734. The van der Waals surface area contributed by atoms with Gasteiger partial charge in [0.15, 0.2) is 0 Å². The molecule has 1 amide bonds. The number of benzene rings is 1. The molecule has 0 aliphatic carbocycles. The third-order valence-electron chi connectivity index (χ3n) is 4.40. The summed E-state index contributed by atoms with van der Waals surface area (Å²) in [4.78, 5) is 41.3. The summed E-state index contributed by atoms with van der Waals surface area (Å²) in [6.45, 7) is 1.66. The normalized spacial score (nSPS) is 12.2. The molecule has 0 radical (unpaired) electrons. The maximum atomic E-state index is 12.7. The molecule has 2 N–H and O–H groups in total. The predicted molar refractivity (Wildman–Crippen MR) is 101 cm³/mol. The highest BCUT2D eigenvalue weighted by Gasteiger charge is 2.21. The van der Waals surface area contributed by atoms with Crippen molar-refractivity contribution in [2.24, 2.45) is 0 Å². The molecule has 1 unspecified atom stereocenters. The first kappa shape index (κ1) is 16.6. The van der Waals surface area contributed by atoms with Gasteiger partial charge < -0.3 is 5.32 Å². The van der Waals surface area contributed by atoms with E-state index in [1.54, 1.807) is 55.6 Å². The van der Waals surface area contributed by atoms with E-state index in [1.165, 1.54) is 10.6 Å². The quantitative estimate of drug-likeness (QED) is 0.577. The fourth-order valence-electron chi connectivity index (χ4n) is 2.94. The Balaban J connectivity index is 1.70. The van der Waals surface area contributed by atoms with Crippen LogP contribution in [0.15, 0.2) is 64.4 Å².